The van der Waals surface area contributed by atoms with Crippen LogP contribution in [0.15, 0.2) is 46.9 Å². The lowest BCUT2D eigenvalue weighted by Crippen LogP contribution is -2.17. The summed E-state index contributed by atoms with van der Waals surface area (Å²) in [6.45, 7) is 4.05. The molecule has 0 aliphatic rings. The minimum Gasteiger partial charge on any atom is -0.457 e. The topological polar surface area (TPSA) is 35.2 Å². The van der Waals surface area contributed by atoms with Gasteiger partial charge in [-0.3, -0.25) is 0 Å². The van der Waals surface area contributed by atoms with Gasteiger partial charge < -0.3 is 10.5 Å². The van der Waals surface area contributed by atoms with E-state index >= 15 is 0 Å². The fourth-order valence-electron chi connectivity index (χ4n) is 1.92. The predicted molar refractivity (Wildman–Crippen MR) is 82.7 cm³/mol. The number of aryl methyl sites for hydroxylation is 1. The molecule has 0 aliphatic carbocycles. The Hall–Kier alpha value is -1.32. The van der Waals surface area contributed by atoms with Crippen LogP contribution >= 0.6 is 15.9 Å². The number of benzene rings is 2. The van der Waals surface area contributed by atoms with Crippen molar-refractivity contribution in [2.75, 3.05) is 0 Å². The summed E-state index contributed by atoms with van der Waals surface area (Å²) in [5.74, 6) is 1.68. The molecule has 1 atom stereocenters. The lowest BCUT2D eigenvalue weighted by molar-refractivity contribution is 0.481. The standard InChI is InChI=1S/C16H18BrNO/c1-11-4-3-5-14(8-11)19-15-7-6-13(9-12(2)18)16(17)10-15/h3-8,10,12H,9,18H2,1-2H3. The average Bonchev–Trinajstić information content (AvgIpc) is 2.32. The van der Waals surface area contributed by atoms with Gasteiger partial charge >= 0.3 is 0 Å². The first-order chi connectivity index (χ1) is 9.04. The fraction of sp³-hybridized carbons (Fsp3) is 0.250. The van der Waals surface area contributed by atoms with Crippen molar-refractivity contribution in [3.05, 3.63) is 58.1 Å². The molecule has 0 spiro atoms. The minimum absolute atomic E-state index is 0.153. The molecular weight excluding hydrogens is 302 g/mol. The molecule has 0 aliphatic heterocycles. The van der Waals surface area contributed by atoms with Crippen molar-refractivity contribution in [3.8, 4) is 11.5 Å². The van der Waals surface area contributed by atoms with Gasteiger partial charge in [-0.2, -0.15) is 0 Å². The monoisotopic (exact) mass is 319 g/mol. The second-order valence-corrected chi connectivity index (χ2v) is 5.71. The summed E-state index contributed by atoms with van der Waals surface area (Å²) in [5.41, 5.74) is 8.21. The Labute approximate surface area is 122 Å². The van der Waals surface area contributed by atoms with Crippen LogP contribution in [-0.2, 0) is 6.42 Å². The molecule has 0 bridgehead atoms. The number of rotatable bonds is 4. The van der Waals surface area contributed by atoms with E-state index in [1.807, 2.05) is 37.3 Å². The Bertz CT molecular complexity index is 566. The SMILES string of the molecule is Cc1cccc(Oc2ccc(CC(C)N)c(Br)c2)c1. The Kier molecular flexibility index (Phi) is 4.61. The van der Waals surface area contributed by atoms with Crippen molar-refractivity contribution in [1.29, 1.82) is 0 Å². The zero-order chi connectivity index (χ0) is 13.8. The van der Waals surface area contributed by atoms with Crippen LogP contribution in [0.25, 0.3) is 0 Å². The number of nitrogens with two attached hydrogens (primary N) is 1. The van der Waals surface area contributed by atoms with E-state index in [9.17, 15) is 0 Å². The van der Waals surface area contributed by atoms with Crippen molar-refractivity contribution in [1.82, 2.24) is 0 Å². The van der Waals surface area contributed by atoms with Crippen molar-refractivity contribution < 1.29 is 4.74 Å². The van der Waals surface area contributed by atoms with E-state index in [4.69, 9.17) is 10.5 Å². The van der Waals surface area contributed by atoms with Crippen molar-refractivity contribution in [2.24, 2.45) is 5.73 Å². The van der Waals surface area contributed by atoms with Crippen molar-refractivity contribution in [2.45, 2.75) is 26.3 Å². The quantitative estimate of drug-likeness (QED) is 0.904. The lowest BCUT2D eigenvalue weighted by atomic mass is 10.1. The van der Waals surface area contributed by atoms with E-state index < -0.39 is 0 Å². The van der Waals surface area contributed by atoms with Crippen molar-refractivity contribution >= 4 is 15.9 Å². The van der Waals surface area contributed by atoms with Gasteiger partial charge in [0.05, 0.1) is 0 Å². The fourth-order valence-corrected chi connectivity index (χ4v) is 2.44. The second kappa shape index (κ2) is 6.22. The van der Waals surface area contributed by atoms with Crippen LogP contribution in [0.2, 0.25) is 0 Å². The van der Waals surface area contributed by atoms with E-state index in [0.717, 1.165) is 22.4 Å². The number of hydrogen-bond acceptors (Lipinski definition) is 2. The van der Waals surface area contributed by atoms with E-state index in [2.05, 4.69) is 35.0 Å². The second-order valence-electron chi connectivity index (χ2n) is 4.85. The van der Waals surface area contributed by atoms with Crippen LogP contribution in [0.3, 0.4) is 0 Å². The summed E-state index contributed by atoms with van der Waals surface area (Å²) in [6, 6.07) is 14.2. The van der Waals surface area contributed by atoms with E-state index in [0.29, 0.717) is 0 Å². The number of ether oxygens (including phenoxy) is 1. The maximum Gasteiger partial charge on any atom is 0.128 e. The van der Waals surface area contributed by atoms with E-state index in [1.165, 1.54) is 11.1 Å². The third-order valence-corrected chi connectivity index (χ3v) is 3.53. The zero-order valence-electron chi connectivity index (χ0n) is 11.2. The van der Waals surface area contributed by atoms with E-state index in [1.54, 1.807) is 0 Å². The molecule has 0 aromatic heterocycles. The highest BCUT2D eigenvalue weighted by Crippen LogP contribution is 2.28. The third-order valence-electron chi connectivity index (χ3n) is 2.79. The van der Waals surface area contributed by atoms with Gasteiger partial charge in [-0.05, 0) is 55.7 Å². The Balaban J connectivity index is 2.16. The lowest BCUT2D eigenvalue weighted by Gasteiger charge is -2.11. The summed E-state index contributed by atoms with van der Waals surface area (Å²) in [4.78, 5) is 0. The molecule has 1 unspecified atom stereocenters. The molecular formula is C16H18BrNO. The normalized spacial score (nSPS) is 12.2. The summed E-state index contributed by atoms with van der Waals surface area (Å²) in [6.07, 6.45) is 0.852. The summed E-state index contributed by atoms with van der Waals surface area (Å²) < 4.78 is 6.88. The maximum atomic E-state index is 5.84. The summed E-state index contributed by atoms with van der Waals surface area (Å²) in [7, 11) is 0. The summed E-state index contributed by atoms with van der Waals surface area (Å²) >= 11 is 3.57. The Morgan fingerprint density at radius 3 is 2.53 bits per heavy atom. The first kappa shape index (κ1) is 14.1. The first-order valence-corrected chi connectivity index (χ1v) is 7.12. The van der Waals surface area contributed by atoms with Gasteiger partial charge in [0.2, 0.25) is 0 Å². The van der Waals surface area contributed by atoms with Crippen LogP contribution in [0, 0.1) is 6.92 Å². The largest absolute Gasteiger partial charge is 0.457 e. The average molecular weight is 320 g/mol. The molecule has 0 amide bonds. The Morgan fingerprint density at radius 1 is 1.16 bits per heavy atom. The van der Waals surface area contributed by atoms with Gasteiger partial charge in [0.25, 0.3) is 0 Å². The molecule has 19 heavy (non-hydrogen) atoms. The maximum absolute atomic E-state index is 5.84. The molecule has 100 valence electrons. The van der Waals surface area contributed by atoms with Crippen molar-refractivity contribution in [3.63, 3.8) is 0 Å². The summed E-state index contributed by atoms with van der Waals surface area (Å²) in [5, 5.41) is 0. The highest BCUT2D eigenvalue weighted by atomic mass is 79.9. The molecule has 2 rings (SSSR count). The van der Waals surface area contributed by atoms with Gasteiger partial charge in [0.1, 0.15) is 11.5 Å². The molecule has 0 fully saturated rings. The molecule has 0 heterocycles. The van der Waals surface area contributed by atoms with Gasteiger partial charge in [0, 0.05) is 10.5 Å². The third kappa shape index (κ3) is 4.08. The van der Waals surface area contributed by atoms with Gasteiger partial charge in [-0.1, -0.05) is 34.1 Å². The minimum atomic E-state index is 0.153. The van der Waals surface area contributed by atoms with Crippen LogP contribution in [-0.4, -0.2) is 6.04 Å². The molecule has 0 saturated carbocycles. The van der Waals surface area contributed by atoms with Gasteiger partial charge in [-0.25, -0.2) is 0 Å². The molecule has 2 N–H and O–H groups in total. The number of hydrogen-bond donors (Lipinski definition) is 1. The van der Waals surface area contributed by atoms with Crippen LogP contribution in [0.1, 0.15) is 18.1 Å². The van der Waals surface area contributed by atoms with Gasteiger partial charge in [0.15, 0.2) is 0 Å². The van der Waals surface area contributed by atoms with Crippen LogP contribution in [0.5, 0.6) is 11.5 Å². The smallest absolute Gasteiger partial charge is 0.128 e. The van der Waals surface area contributed by atoms with Gasteiger partial charge in [-0.15, -0.1) is 0 Å². The predicted octanol–water partition coefficient (Wildman–Crippen LogP) is 4.44. The van der Waals surface area contributed by atoms with E-state index in [-0.39, 0.29) is 6.04 Å². The van der Waals surface area contributed by atoms with Crippen LogP contribution in [0.4, 0.5) is 0 Å². The highest BCUT2D eigenvalue weighted by molar-refractivity contribution is 9.10. The van der Waals surface area contributed by atoms with Crippen LogP contribution < -0.4 is 10.5 Å². The molecule has 2 aromatic carbocycles. The molecule has 2 aromatic rings. The zero-order valence-corrected chi connectivity index (χ0v) is 12.8. The molecule has 3 heteroatoms. The number of halogens is 1. The molecule has 0 saturated heterocycles. The highest BCUT2D eigenvalue weighted by Gasteiger charge is 2.05. The molecule has 2 nitrogen and oxygen atoms in total. The molecule has 0 radical (unpaired) electrons. The first-order valence-electron chi connectivity index (χ1n) is 6.33. The Morgan fingerprint density at radius 2 is 1.89 bits per heavy atom.